The zero-order valence-corrected chi connectivity index (χ0v) is 10.4. The quantitative estimate of drug-likeness (QED) is 0.849. The molecule has 5 heteroatoms. The normalized spacial score (nSPS) is 19.2. The molecule has 3 rings (SSSR count). The highest BCUT2D eigenvalue weighted by atomic mass is 19.1. The number of nitrogens with zero attached hydrogens (tertiary/aromatic N) is 2. The topological polar surface area (TPSA) is 44.0 Å². The SMILES string of the molecule is C[C@@H](c1nc2c(F)cccc2[nH]1)N1CCNCC1. The van der Waals surface area contributed by atoms with Gasteiger partial charge in [-0.1, -0.05) is 6.07 Å². The van der Waals surface area contributed by atoms with E-state index in [1.807, 2.05) is 6.07 Å². The molecule has 1 fully saturated rings. The third-order valence-corrected chi connectivity index (χ3v) is 3.58. The molecular formula is C13H17FN4. The molecule has 0 aliphatic carbocycles. The van der Waals surface area contributed by atoms with E-state index in [0.717, 1.165) is 37.5 Å². The molecular weight excluding hydrogens is 231 g/mol. The van der Waals surface area contributed by atoms with Gasteiger partial charge in [0, 0.05) is 26.2 Å². The maximum absolute atomic E-state index is 13.6. The second-order valence-electron chi connectivity index (χ2n) is 4.72. The molecule has 1 aromatic heterocycles. The number of halogens is 1. The number of aromatic nitrogens is 2. The minimum absolute atomic E-state index is 0.193. The predicted molar refractivity (Wildman–Crippen MR) is 68.9 cm³/mol. The first kappa shape index (κ1) is 11.6. The molecule has 0 radical (unpaired) electrons. The fourth-order valence-electron chi connectivity index (χ4n) is 2.46. The molecule has 1 aliphatic rings. The largest absolute Gasteiger partial charge is 0.341 e. The van der Waals surface area contributed by atoms with Gasteiger partial charge in [-0.3, -0.25) is 4.90 Å². The molecule has 1 aromatic carbocycles. The van der Waals surface area contributed by atoms with E-state index >= 15 is 0 Å². The lowest BCUT2D eigenvalue weighted by Gasteiger charge is -2.31. The molecule has 2 N–H and O–H groups in total. The molecule has 1 atom stereocenters. The van der Waals surface area contributed by atoms with Crippen LogP contribution in [0.5, 0.6) is 0 Å². The zero-order chi connectivity index (χ0) is 12.5. The summed E-state index contributed by atoms with van der Waals surface area (Å²) in [4.78, 5) is 9.97. The number of aromatic amines is 1. The lowest BCUT2D eigenvalue weighted by molar-refractivity contribution is 0.180. The minimum atomic E-state index is -0.262. The number of para-hydroxylation sites is 1. The van der Waals surface area contributed by atoms with Crippen LogP contribution in [0.15, 0.2) is 18.2 Å². The van der Waals surface area contributed by atoms with Crippen LogP contribution in [0.25, 0.3) is 11.0 Å². The number of benzene rings is 1. The molecule has 0 bridgehead atoms. The van der Waals surface area contributed by atoms with Crippen LogP contribution in [0.3, 0.4) is 0 Å². The first-order valence-electron chi connectivity index (χ1n) is 6.34. The summed E-state index contributed by atoms with van der Waals surface area (Å²) in [7, 11) is 0. The molecule has 0 saturated carbocycles. The van der Waals surface area contributed by atoms with E-state index < -0.39 is 0 Å². The van der Waals surface area contributed by atoms with Crippen LogP contribution in [-0.4, -0.2) is 41.0 Å². The van der Waals surface area contributed by atoms with E-state index in [-0.39, 0.29) is 11.9 Å². The molecule has 4 nitrogen and oxygen atoms in total. The van der Waals surface area contributed by atoms with Crippen molar-refractivity contribution < 1.29 is 4.39 Å². The van der Waals surface area contributed by atoms with Crippen molar-refractivity contribution in [2.45, 2.75) is 13.0 Å². The van der Waals surface area contributed by atoms with Gasteiger partial charge in [-0.05, 0) is 19.1 Å². The van der Waals surface area contributed by atoms with Crippen LogP contribution in [0.1, 0.15) is 18.8 Å². The van der Waals surface area contributed by atoms with Crippen molar-refractivity contribution in [3.63, 3.8) is 0 Å². The monoisotopic (exact) mass is 248 g/mol. The molecule has 2 aromatic rings. The number of H-pyrrole nitrogens is 1. The van der Waals surface area contributed by atoms with Crippen molar-refractivity contribution in [2.75, 3.05) is 26.2 Å². The highest BCUT2D eigenvalue weighted by Gasteiger charge is 2.21. The number of hydrogen-bond donors (Lipinski definition) is 2. The van der Waals surface area contributed by atoms with Crippen molar-refractivity contribution in [1.82, 2.24) is 20.2 Å². The standard InChI is InChI=1S/C13H17FN4/c1-9(18-7-5-15-6-8-18)13-16-11-4-2-3-10(14)12(11)17-13/h2-4,9,15H,5-8H2,1H3,(H,16,17)/t9-/m0/s1. The Labute approximate surface area is 105 Å². The molecule has 0 amide bonds. The van der Waals surface area contributed by atoms with Gasteiger partial charge in [-0.2, -0.15) is 0 Å². The summed E-state index contributed by atoms with van der Waals surface area (Å²) in [6, 6.07) is 5.20. The van der Waals surface area contributed by atoms with Gasteiger partial charge in [0.15, 0.2) is 5.82 Å². The van der Waals surface area contributed by atoms with Crippen molar-refractivity contribution in [3.8, 4) is 0 Å². The lowest BCUT2D eigenvalue weighted by Crippen LogP contribution is -2.44. The Kier molecular flexibility index (Phi) is 3.01. The Morgan fingerprint density at radius 3 is 2.83 bits per heavy atom. The van der Waals surface area contributed by atoms with Crippen LogP contribution in [0.2, 0.25) is 0 Å². The van der Waals surface area contributed by atoms with Gasteiger partial charge in [-0.25, -0.2) is 9.37 Å². The Morgan fingerprint density at radius 2 is 2.11 bits per heavy atom. The minimum Gasteiger partial charge on any atom is -0.341 e. The number of hydrogen-bond acceptors (Lipinski definition) is 3. The van der Waals surface area contributed by atoms with E-state index in [4.69, 9.17) is 0 Å². The van der Waals surface area contributed by atoms with Crippen molar-refractivity contribution in [3.05, 3.63) is 29.8 Å². The van der Waals surface area contributed by atoms with Crippen molar-refractivity contribution in [2.24, 2.45) is 0 Å². The molecule has 1 aliphatic heterocycles. The summed E-state index contributed by atoms with van der Waals surface area (Å²) < 4.78 is 13.6. The zero-order valence-electron chi connectivity index (χ0n) is 10.4. The summed E-state index contributed by atoms with van der Waals surface area (Å²) in [5.74, 6) is 0.583. The summed E-state index contributed by atoms with van der Waals surface area (Å²) in [5, 5.41) is 3.32. The molecule has 96 valence electrons. The van der Waals surface area contributed by atoms with Gasteiger partial charge in [-0.15, -0.1) is 0 Å². The van der Waals surface area contributed by atoms with Crippen LogP contribution < -0.4 is 5.32 Å². The molecule has 1 saturated heterocycles. The second kappa shape index (κ2) is 4.66. The van der Waals surface area contributed by atoms with E-state index in [0.29, 0.717) is 5.52 Å². The average molecular weight is 248 g/mol. The van der Waals surface area contributed by atoms with Crippen LogP contribution in [-0.2, 0) is 0 Å². The van der Waals surface area contributed by atoms with Gasteiger partial charge in [0.25, 0.3) is 0 Å². The van der Waals surface area contributed by atoms with Gasteiger partial charge in [0.1, 0.15) is 11.3 Å². The van der Waals surface area contributed by atoms with Gasteiger partial charge < -0.3 is 10.3 Å². The number of fused-ring (bicyclic) bond motifs is 1. The predicted octanol–water partition coefficient (Wildman–Crippen LogP) is 1.67. The first-order valence-corrected chi connectivity index (χ1v) is 6.34. The second-order valence-corrected chi connectivity index (χ2v) is 4.72. The average Bonchev–Trinajstić information content (AvgIpc) is 2.84. The Balaban J connectivity index is 1.91. The van der Waals surface area contributed by atoms with E-state index in [1.165, 1.54) is 6.07 Å². The van der Waals surface area contributed by atoms with Crippen molar-refractivity contribution in [1.29, 1.82) is 0 Å². The fourth-order valence-corrected chi connectivity index (χ4v) is 2.46. The smallest absolute Gasteiger partial charge is 0.151 e. The third kappa shape index (κ3) is 2.00. The number of nitrogens with one attached hydrogen (secondary N) is 2. The third-order valence-electron chi connectivity index (χ3n) is 3.58. The van der Waals surface area contributed by atoms with Crippen LogP contribution >= 0.6 is 0 Å². The summed E-state index contributed by atoms with van der Waals surface area (Å²) in [6.45, 7) is 6.11. The molecule has 0 spiro atoms. The van der Waals surface area contributed by atoms with E-state index in [9.17, 15) is 4.39 Å². The van der Waals surface area contributed by atoms with Crippen molar-refractivity contribution >= 4 is 11.0 Å². The molecule has 2 heterocycles. The van der Waals surface area contributed by atoms with E-state index in [2.05, 4.69) is 27.1 Å². The number of piperazine rings is 1. The van der Waals surface area contributed by atoms with Gasteiger partial charge in [0.2, 0.25) is 0 Å². The Hall–Kier alpha value is -1.46. The van der Waals surface area contributed by atoms with Crippen LogP contribution in [0, 0.1) is 5.82 Å². The van der Waals surface area contributed by atoms with E-state index in [1.54, 1.807) is 6.07 Å². The number of rotatable bonds is 2. The maximum atomic E-state index is 13.6. The summed E-state index contributed by atoms with van der Waals surface area (Å²) >= 11 is 0. The highest BCUT2D eigenvalue weighted by molar-refractivity contribution is 5.75. The first-order chi connectivity index (χ1) is 8.75. The fraction of sp³-hybridized carbons (Fsp3) is 0.462. The highest BCUT2D eigenvalue weighted by Crippen LogP contribution is 2.22. The maximum Gasteiger partial charge on any atom is 0.151 e. The number of imidazole rings is 1. The Bertz CT molecular complexity index is 545. The summed E-state index contributed by atoms with van der Waals surface area (Å²) in [5.41, 5.74) is 1.21. The Morgan fingerprint density at radius 1 is 1.33 bits per heavy atom. The van der Waals surface area contributed by atoms with Crippen LogP contribution in [0.4, 0.5) is 4.39 Å². The lowest BCUT2D eigenvalue weighted by atomic mass is 10.2. The summed E-state index contributed by atoms with van der Waals surface area (Å²) in [6.07, 6.45) is 0. The van der Waals surface area contributed by atoms with Gasteiger partial charge >= 0.3 is 0 Å². The molecule has 18 heavy (non-hydrogen) atoms. The van der Waals surface area contributed by atoms with Gasteiger partial charge in [0.05, 0.1) is 11.6 Å². The molecule has 0 unspecified atom stereocenters.